The quantitative estimate of drug-likeness (QED) is 0.547. The Balaban J connectivity index is 2.37. The lowest BCUT2D eigenvalue weighted by molar-refractivity contribution is 0.594. The molecule has 0 aliphatic rings. The molecule has 96 valence electrons. The maximum atomic E-state index is 5.90. The van der Waals surface area contributed by atoms with Crippen molar-refractivity contribution >= 4 is 23.0 Å². The third-order valence-electron chi connectivity index (χ3n) is 2.91. The van der Waals surface area contributed by atoms with Crippen LogP contribution in [0.3, 0.4) is 0 Å². The van der Waals surface area contributed by atoms with Crippen LogP contribution in [0.5, 0.6) is 0 Å². The summed E-state index contributed by atoms with van der Waals surface area (Å²) in [4.78, 5) is 0. The van der Waals surface area contributed by atoms with Gasteiger partial charge in [-0.1, -0.05) is 44.2 Å². The number of nitrogens with one attached hydrogen (secondary N) is 1. The molecule has 1 rings (SSSR count). The van der Waals surface area contributed by atoms with Gasteiger partial charge in [0.25, 0.3) is 0 Å². The van der Waals surface area contributed by atoms with E-state index in [0.717, 1.165) is 11.4 Å². The minimum atomic E-state index is 0.454. The van der Waals surface area contributed by atoms with Crippen LogP contribution in [0.4, 0.5) is 11.4 Å². The van der Waals surface area contributed by atoms with Crippen molar-refractivity contribution in [3.05, 3.63) is 23.2 Å². The van der Waals surface area contributed by atoms with Crippen molar-refractivity contribution in [2.24, 2.45) is 0 Å². The van der Waals surface area contributed by atoms with Gasteiger partial charge >= 0.3 is 0 Å². The van der Waals surface area contributed by atoms with Gasteiger partial charge in [-0.05, 0) is 31.5 Å². The van der Waals surface area contributed by atoms with Crippen LogP contribution in [-0.4, -0.2) is 6.04 Å². The summed E-state index contributed by atoms with van der Waals surface area (Å²) in [6, 6.07) is 6.05. The third kappa shape index (κ3) is 5.31. The number of nitrogen functional groups attached to an aromatic ring is 1. The lowest BCUT2D eigenvalue weighted by Gasteiger charge is -2.16. The molecule has 0 heterocycles. The molecule has 1 unspecified atom stereocenters. The molecular formula is C14H23ClN2. The molecule has 17 heavy (non-hydrogen) atoms. The van der Waals surface area contributed by atoms with Crippen LogP contribution >= 0.6 is 11.6 Å². The SMILES string of the molecule is CCCCCCC(C)Nc1ccc(Cl)cc1N. The fourth-order valence-electron chi connectivity index (χ4n) is 1.88. The zero-order chi connectivity index (χ0) is 12.7. The molecule has 0 amide bonds. The number of rotatable bonds is 7. The molecule has 2 nitrogen and oxygen atoms in total. The van der Waals surface area contributed by atoms with Crippen molar-refractivity contribution in [2.45, 2.75) is 52.0 Å². The zero-order valence-electron chi connectivity index (χ0n) is 10.8. The highest BCUT2D eigenvalue weighted by Crippen LogP contribution is 2.24. The molecule has 0 radical (unpaired) electrons. The summed E-state index contributed by atoms with van der Waals surface area (Å²) in [6.07, 6.45) is 6.39. The predicted octanol–water partition coefficient (Wildman–Crippen LogP) is 4.69. The van der Waals surface area contributed by atoms with E-state index in [4.69, 9.17) is 17.3 Å². The number of halogens is 1. The van der Waals surface area contributed by atoms with E-state index < -0.39 is 0 Å². The molecule has 0 aliphatic heterocycles. The van der Waals surface area contributed by atoms with Gasteiger partial charge in [0, 0.05) is 11.1 Å². The van der Waals surface area contributed by atoms with E-state index in [1.54, 1.807) is 6.07 Å². The molecule has 0 saturated heterocycles. The van der Waals surface area contributed by atoms with Gasteiger partial charge in [0.2, 0.25) is 0 Å². The van der Waals surface area contributed by atoms with Crippen molar-refractivity contribution in [1.29, 1.82) is 0 Å². The molecule has 3 heteroatoms. The van der Waals surface area contributed by atoms with Crippen molar-refractivity contribution in [3.8, 4) is 0 Å². The Morgan fingerprint density at radius 2 is 2.06 bits per heavy atom. The van der Waals surface area contributed by atoms with Gasteiger partial charge in [-0.25, -0.2) is 0 Å². The first-order valence-corrected chi connectivity index (χ1v) is 6.83. The molecule has 3 N–H and O–H groups in total. The molecule has 0 bridgehead atoms. The molecule has 0 saturated carbocycles. The van der Waals surface area contributed by atoms with E-state index in [-0.39, 0.29) is 0 Å². The Bertz CT molecular complexity index is 339. The average Bonchev–Trinajstić information content (AvgIpc) is 2.28. The number of anilines is 2. The summed E-state index contributed by atoms with van der Waals surface area (Å²) >= 11 is 5.86. The van der Waals surface area contributed by atoms with Gasteiger partial charge in [0.1, 0.15) is 0 Å². The first kappa shape index (κ1) is 14.2. The van der Waals surface area contributed by atoms with Gasteiger partial charge in [0.15, 0.2) is 0 Å². The van der Waals surface area contributed by atoms with Gasteiger partial charge in [-0.2, -0.15) is 0 Å². The third-order valence-corrected chi connectivity index (χ3v) is 3.14. The fourth-order valence-corrected chi connectivity index (χ4v) is 2.06. The summed E-state index contributed by atoms with van der Waals surface area (Å²) < 4.78 is 0. The summed E-state index contributed by atoms with van der Waals surface area (Å²) in [5, 5.41) is 4.11. The molecule has 1 aromatic rings. The van der Waals surface area contributed by atoms with Gasteiger partial charge in [-0.15, -0.1) is 0 Å². The van der Waals surface area contributed by atoms with Crippen molar-refractivity contribution in [3.63, 3.8) is 0 Å². The van der Waals surface area contributed by atoms with E-state index in [9.17, 15) is 0 Å². The van der Waals surface area contributed by atoms with E-state index in [0.29, 0.717) is 11.1 Å². The summed E-state index contributed by atoms with van der Waals surface area (Å²) in [5.74, 6) is 0. The Kier molecular flexibility index (Phi) is 6.20. The number of benzene rings is 1. The number of hydrogen-bond acceptors (Lipinski definition) is 2. The Morgan fingerprint density at radius 1 is 1.29 bits per heavy atom. The van der Waals surface area contributed by atoms with E-state index >= 15 is 0 Å². The maximum Gasteiger partial charge on any atom is 0.0577 e. The zero-order valence-corrected chi connectivity index (χ0v) is 11.6. The standard InChI is InChI=1S/C14H23ClN2/c1-3-4-5-6-7-11(2)17-14-9-8-12(15)10-13(14)16/h8-11,17H,3-7,16H2,1-2H3. The van der Waals surface area contributed by atoms with Crippen LogP contribution < -0.4 is 11.1 Å². The highest BCUT2D eigenvalue weighted by Gasteiger charge is 2.04. The lowest BCUT2D eigenvalue weighted by atomic mass is 10.1. The topological polar surface area (TPSA) is 38.0 Å². The summed E-state index contributed by atoms with van der Waals surface area (Å²) in [7, 11) is 0. The smallest absolute Gasteiger partial charge is 0.0577 e. The first-order valence-electron chi connectivity index (χ1n) is 6.45. The van der Waals surface area contributed by atoms with Crippen LogP contribution in [0.25, 0.3) is 0 Å². The minimum absolute atomic E-state index is 0.454. The molecule has 1 atom stereocenters. The lowest BCUT2D eigenvalue weighted by Crippen LogP contribution is -2.15. The summed E-state index contributed by atoms with van der Waals surface area (Å²) in [5.41, 5.74) is 7.60. The monoisotopic (exact) mass is 254 g/mol. The predicted molar refractivity (Wildman–Crippen MR) is 77.7 cm³/mol. The van der Waals surface area contributed by atoms with Gasteiger partial charge in [0.05, 0.1) is 11.4 Å². The molecule has 0 aliphatic carbocycles. The van der Waals surface area contributed by atoms with E-state index in [1.165, 1.54) is 32.1 Å². The largest absolute Gasteiger partial charge is 0.397 e. The molecule has 0 fully saturated rings. The normalized spacial score (nSPS) is 12.4. The van der Waals surface area contributed by atoms with E-state index in [2.05, 4.69) is 19.2 Å². The second kappa shape index (κ2) is 7.44. The molecule has 0 spiro atoms. The highest BCUT2D eigenvalue weighted by atomic mass is 35.5. The van der Waals surface area contributed by atoms with Crippen LogP contribution in [0.2, 0.25) is 5.02 Å². The number of nitrogens with two attached hydrogens (primary N) is 1. The number of unbranched alkanes of at least 4 members (excludes halogenated alkanes) is 3. The highest BCUT2D eigenvalue weighted by molar-refractivity contribution is 6.31. The molecule has 0 aromatic heterocycles. The second-order valence-electron chi connectivity index (χ2n) is 4.63. The average molecular weight is 255 g/mol. The van der Waals surface area contributed by atoms with E-state index in [1.807, 2.05) is 12.1 Å². The van der Waals surface area contributed by atoms with Crippen LogP contribution in [-0.2, 0) is 0 Å². The van der Waals surface area contributed by atoms with Crippen LogP contribution in [0.1, 0.15) is 46.0 Å². The Morgan fingerprint density at radius 3 is 2.71 bits per heavy atom. The Hall–Kier alpha value is -0.890. The van der Waals surface area contributed by atoms with Gasteiger partial charge < -0.3 is 11.1 Å². The second-order valence-corrected chi connectivity index (χ2v) is 5.06. The van der Waals surface area contributed by atoms with Crippen molar-refractivity contribution < 1.29 is 0 Å². The number of hydrogen-bond donors (Lipinski definition) is 2. The molecule has 1 aromatic carbocycles. The summed E-state index contributed by atoms with van der Waals surface area (Å²) in [6.45, 7) is 4.43. The Labute approximate surface area is 110 Å². The fraction of sp³-hybridized carbons (Fsp3) is 0.571. The molecular weight excluding hydrogens is 232 g/mol. The first-order chi connectivity index (χ1) is 8.13. The van der Waals surface area contributed by atoms with Crippen molar-refractivity contribution in [1.82, 2.24) is 0 Å². The van der Waals surface area contributed by atoms with Crippen molar-refractivity contribution in [2.75, 3.05) is 11.1 Å². The minimum Gasteiger partial charge on any atom is -0.397 e. The van der Waals surface area contributed by atoms with Crippen LogP contribution in [0, 0.1) is 0 Å². The maximum absolute atomic E-state index is 5.90. The van der Waals surface area contributed by atoms with Crippen LogP contribution in [0.15, 0.2) is 18.2 Å². The van der Waals surface area contributed by atoms with Gasteiger partial charge in [-0.3, -0.25) is 0 Å².